The van der Waals surface area contributed by atoms with Gasteiger partial charge in [0.25, 0.3) is 0 Å². The molecule has 0 radical (unpaired) electrons. The van der Waals surface area contributed by atoms with Crippen molar-refractivity contribution in [2.45, 2.75) is 6.54 Å². The normalized spacial score (nSPS) is 18.2. The van der Waals surface area contributed by atoms with E-state index >= 15 is 0 Å². The predicted molar refractivity (Wildman–Crippen MR) is 80.0 cm³/mol. The molecule has 2 aromatic rings. The van der Waals surface area contributed by atoms with E-state index in [0.717, 1.165) is 49.4 Å². The average molecular weight is 304 g/mol. The molecule has 1 aromatic heterocycles. The molecular weight excluding hydrogens is 288 g/mol. The Balaban J connectivity index is 1.36. The van der Waals surface area contributed by atoms with Gasteiger partial charge in [0.15, 0.2) is 11.5 Å². The van der Waals surface area contributed by atoms with Crippen molar-refractivity contribution < 1.29 is 9.47 Å². The first kappa shape index (κ1) is 12.8. The molecule has 0 atom stereocenters. The molecule has 0 amide bonds. The van der Waals surface area contributed by atoms with Crippen molar-refractivity contribution in [2.75, 3.05) is 37.9 Å². The Morgan fingerprint density at radius 1 is 1.10 bits per heavy atom. The molecule has 4 rings (SSSR count). The van der Waals surface area contributed by atoms with Gasteiger partial charge >= 0.3 is 0 Å². The summed E-state index contributed by atoms with van der Waals surface area (Å²) in [6.45, 7) is 5.35. The van der Waals surface area contributed by atoms with Gasteiger partial charge in [-0.2, -0.15) is 4.37 Å². The second-order valence-electron chi connectivity index (χ2n) is 5.17. The molecule has 0 unspecified atom stereocenters. The van der Waals surface area contributed by atoms with E-state index in [2.05, 4.69) is 31.3 Å². The molecule has 7 heteroatoms. The third-order valence-corrected chi connectivity index (χ3v) is 4.56. The third-order valence-electron chi connectivity index (χ3n) is 3.84. The van der Waals surface area contributed by atoms with E-state index in [1.807, 2.05) is 6.07 Å². The third kappa shape index (κ3) is 2.66. The van der Waals surface area contributed by atoms with Gasteiger partial charge in [0.1, 0.15) is 6.33 Å². The smallest absolute Gasteiger partial charge is 0.231 e. The number of anilines is 1. The topological polar surface area (TPSA) is 50.7 Å². The number of rotatable bonds is 3. The Hall–Kier alpha value is -1.86. The van der Waals surface area contributed by atoms with E-state index in [0.29, 0.717) is 6.79 Å². The lowest BCUT2D eigenvalue weighted by Crippen LogP contribution is -2.45. The second-order valence-corrected chi connectivity index (χ2v) is 5.93. The van der Waals surface area contributed by atoms with Crippen molar-refractivity contribution in [1.29, 1.82) is 0 Å². The molecule has 0 spiro atoms. The van der Waals surface area contributed by atoms with Gasteiger partial charge < -0.3 is 14.4 Å². The fourth-order valence-electron chi connectivity index (χ4n) is 2.70. The molecule has 0 aliphatic carbocycles. The molecule has 21 heavy (non-hydrogen) atoms. The first-order chi connectivity index (χ1) is 10.4. The summed E-state index contributed by atoms with van der Waals surface area (Å²) in [7, 11) is 0. The minimum atomic E-state index is 0.333. The van der Waals surface area contributed by atoms with Crippen LogP contribution in [0.4, 0.5) is 5.13 Å². The fourth-order valence-corrected chi connectivity index (χ4v) is 3.28. The van der Waals surface area contributed by atoms with Gasteiger partial charge in [-0.1, -0.05) is 6.07 Å². The molecule has 2 aliphatic heterocycles. The number of piperazine rings is 1. The lowest BCUT2D eigenvalue weighted by Gasteiger charge is -2.34. The van der Waals surface area contributed by atoms with Crippen molar-refractivity contribution in [1.82, 2.24) is 14.3 Å². The zero-order valence-corrected chi connectivity index (χ0v) is 12.4. The Labute approximate surface area is 127 Å². The van der Waals surface area contributed by atoms with Gasteiger partial charge in [-0.15, -0.1) is 0 Å². The van der Waals surface area contributed by atoms with Gasteiger partial charge in [-0.3, -0.25) is 4.90 Å². The van der Waals surface area contributed by atoms with E-state index in [1.165, 1.54) is 17.1 Å². The lowest BCUT2D eigenvalue weighted by atomic mass is 10.1. The quantitative estimate of drug-likeness (QED) is 0.858. The predicted octanol–water partition coefficient (Wildman–Crippen LogP) is 1.59. The number of hydrogen-bond acceptors (Lipinski definition) is 7. The van der Waals surface area contributed by atoms with Crippen molar-refractivity contribution in [3.8, 4) is 11.5 Å². The zero-order chi connectivity index (χ0) is 14.1. The van der Waals surface area contributed by atoms with Crippen LogP contribution in [0.15, 0.2) is 24.5 Å². The van der Waals surface area contributed by atoms with Gasteiger partial charge in [-0.05, 0) is 17.7 Å². The highest BCUT2D eigenvalue weighted by Crippen LogP contribution is 2.32. The van der Waals surface area contributed by atoms with Gasteiger partial charge in [0, 0.05) is 44.3 Å². The summed E-state index contributed by atoms with van der Waals surface area (Å²) in [4.78, 5) is 9.03. The molecule has 1 fully saturated rings. The molecule has 0 saturated carbocycles. The maximum Gasteiger partial charge on any atom is 0.231 e. The summed E-state index contributed by atoms with van der Waals surface area (Å²) in [5.41, 5.74) is 1.27. The second kappa shape index (κ2) is 5.50. The Morgan fingerprint density at radius 2 is 1.95 bits per heavy atom. The van der Waals surface area contributed by atoms with Crippen molar-refractivity contribution in [3.05, 3.63) is 30.1 Å². The van der Waals surface area contributed by atoms with E-state index in [9.17, 15) is 0 Å². The van der Waals surface area contributed by atoms with Crippen LogP contribution in [0.5, 0.6) is 11.5 Å². The summed E-state index contributed by atoms with van der Waals surface area (Å²) in [6.07, 6.45) is 1.62. The highest BCUT2D eigenvalue weighted by Gasteiger charge is 2.20. The zero-order valence-electron chi connectivity index (χ0n) is 11.6. The maximum atomic E-state index is 5.43. The van der Waals surface area contributed by atoms with Crippen LogP contribution in [-0.4, -0.2) is 47.2 Å². The average Bonchev–Trinajstić information content (AvgIpc) is 3.19. The van der Waals surface area contributed by atoms with Crippen LogP contribution in [0.2, 0.25) is 0 Å². The first-order valence-corrected chi connectivity index (χ1v) is 7.78. The van der Waals surface area contributed by atoms with Crippen LogP contribution in [0.3, 0.4) is 0 Å². The van der Waals surface area contributed by atoms with Crippen LogP contribution in [0.1, 0.15) is 5.56 Å². The monoisotopic (exact) mass is 304 g/mol. The molecule has 0 N–H and O–H groups in total. The standard InChI is InChI=1S/C14H16N4O2S/c1-2-12-13(20-10-19-12)7-11(1)8-17-3-5-18(6-4-17)14-15-9-16-21-14/h1-2,7,9H,3-6,8,10H2. The summed E-state index contributed by atoms with van der Waals surface area (Å²) in [5.74, 6) is 1.71. The summed E-state index contributed by atoms with van der Waals surface area (Å²) < 4.78 is 14.8. The number of benzene rings is 1. The molecule has 110 valence electrons. The highest BCUT2D eigenvalue weighted by atomic mass is 32.1. The molecular formula is C14H16N4O2S. The van der Waals surface area contributed by atoms with Crippen LogP contribution >= 0.6 is 11.5 Å². The molecule has 3 heterocycles. The SMILES string of the molecule is c1nsc(N2CCN(Cc3ccc4c(c3)OCO4)CC2)n1. The lowest BCUT2D eigenvalue weighted by molar-refractivity contribution is 0.174. The highest BCUT2D eigenvalue weighted by molar-refractivity contribution is 7.09. The van der Waals surface area contributed by atoms with Gasteiger partial charge in [0.05, 0.1) is 0 Å². The number of nitrogens with zero attached hydrogens (tertiary/aromatic N) is 4. The first-order valence-electron chi connectivity index (χ1n) is 7.01. The molecule has 0 bridgehead atoms. The fraction of sp³-hybridized carbons (Fsp3) is 0.429. The number of aromatic nitrogens is 2. The van der Waals surface area contributed by atoms with E-state index in [1.54, 1.807) is 6.33 Å². The summed E-state index contributed by atoms with van der Waals surface area (Å²) >= 11 is 1.46. The minimum Gasteiger partial charge on any atom is -0.454 e. The molecule has 2 aliphatic rings. The maximum absolute atomic E-state index is 5.43. The van der Waals surface area contributed by atoms with Gasteiger partial charge in [-0.25, -0.2) is 4.98 Å². The molecule has 1 aromatic carbocycles. The van der Waals surface area contributed by atoms with E-state index in [-0.39, 0.29) is 0 Å². The Bertz CT molecular complexity index is 611. The van der Waals surface area contributed by atoms with Crippen molar-refractivity contribution >= 4 is 16.7 Å². The van der Waals surface area contributed by atoms with Crippen LogP contribution in [0, 0.1) is 0 Å². The minimum absolute atomic E-state index is 0.333. The summed E-state index contributed by atoms with van der Waals surface area (Å²) in [6, 6.07) is 6.19. The van der Waals surface area contributed by atoms with Crippen molar-refractivity contribution in [2.24, 2.45) is 0 Å². The van der Waals surface area contributed by atoms with Crippen LogP contribution in [-0.2, 0) is 6.54 Å². The largest absolute Gasteiger partial charge is 0.454 e. The summed E-state index contributed by atoms with van der Waals surface area (Å²) in [5, 5.41) is 1.03. The number of hydrogen-bond donors (Lipinski definition) is 0. The molecule has 6 nitrogen and oxygen atoms in total. The van der Waals surface area contributed by atoms with Crippen LogP contribution < -0.4 is 14.4 Å². The van der Waals surface area contributed by atoms with Gasteiger partial charge in [0.2, 0.25) is 11.9 Å². The van der Waals surface area contributed by atoms with Crippen LogP contribution in [0.25, 0.3) is 0 Å². The molecule has 1 saturated heterocycles. The number of fused-ring (bicyclic) bond motifs is 1. The Kier molecular flexibility index (Phi) is 3.36. The van der Waals surface area contributed by atoms with Crippen molar-refractivity contribution in [3.63, 3.8) is 0 Å². The Morgan fingerprint density at radius 3 is 2.76 bits per heavy atom. The van der Waals surface area contributed by atoms with E-state index < -0.39 is 0 Å². The number of ether oxygens (including phenoxy) is 2. The van der Waals surface area contributed by atoms with E-state index in [4.69, 9.17) is 9.47 Å².